The lowest BCUT2D eigenvalue weighted by atomic mass is 10.4. The molecule has 0 aromatic carbocycles. The van der Waals surface area contributed by atoms with Crippen LogP contribution in [0.25, 0.3) is 0 Å². The molecule has 0 rings (SSSR count). The molecule has 0 saturated carbocycles. The van der Waals surface area contributed by atoms with E-state index in [0.29, 0.717) is 13.0 Å². The zero-order chi connectivity index (χ0) is 13.3. The van der Waals surface area contributed by atoms with Crippen LogP contribution in [0.2, 0.25) is 0 Å². The average Bonchev–Trinajstić information content (AvgIpc) is 2.25. The standard InChI is InChI=1S/C9H21N3O4S/c1-3-10-6-4-7-11-17(15,16)12(2)8-5-9(13)14/h10-11H,3-8H2,1-2H3,(H,13,14). The number of nitrogens with one attached hydrogen (secondary N) is 2. The summed E-state index contributed by atoms with van der Waals surface area (Å²) in [6.07, 6.45) is 0.495. The highest BCUT2D eigenvalue weighted by atomic mass is 32.2. The smallest absolute Gasteiger partial charge is 0.304 e. The zero-order valence-corrected chi connectivity index (χ0v) is 11.1. The number of aliphatic carboxylic acids is 1. The lowest BCUT2D eigenvalue weighted by Gasteiger charge is -2.16. The molecule has 102 valence electrons. The van der Waals surface area contributed by atoms with Gasteiger partial charge in [0.2, 0.25) is 0 Å². The third kappa shape index (κ3) is 8.08. The Bertz CT molecular complexity index is 318. The molecule has 0 bridgehead atoms. The fourth-order valence-electron chi connectivity index (χ4n) is 1.07. The Morgan fingerprint density at radius 3 is 2.53 bits per heavy atom. The zero-order valence-electron chi connectivity index (χ0n) is 10.3. The summed E-state index contributed by atoms with van der Waals surface area (Å²) in [5.41, 5.74) is 0. The molecule has 0 atom stereocenters. The maximum Gasteiger partial charge on any atom is 0.304 e. The molecule has 3 N–H and O–H groups in total. The Morgan fingerprint density at radius 1 is 1.35 bits per heavy atom. The van der Waals surface area contributed by atoms with Gasteiger partial charge >= 0.3 is 5.97 Å². The molecular formula is C9H21N3O4S. The summed E-state index contributed by atoms with van der Waals surface area (Å²) in [6, 6.07) is 0. The molecule has 0 aliphatic rings. The molecule has 0 saturated heterocycles. The Kier molecular flexibility index (Phi) is 8.05. The highest BCUT2D eigenvalue weighted by Crippen LogP contribution is 1.95. The van der Waals surface area contributed by atoms with Gasteiger partial charge in [0.15, 0.2) is 0 Å². The Balaban J connectivity index is 3.89. The summed E-state index contributed by atoms with van der Waals surface area (Å²) in [6.45, 7) is 3.89. The molecular weight excluding hydrogens is 246 g/mol. The first-order valence-corrected chi connectivity index (χ1v) is 6.97. The van der Waals surface area contributed by atoms with Crippen molar-refractivity contribution in [2.75, 3.05) is 33.2 Å². The van der Waals surface area contributed by atoms with Crippen molar-refractivity contribution in [1.29, 1.82) is 0 Å². The quantitative estimate of drug-likeness (QED) is 0.451. The van der Waals surface area contributed by atoms with Crippen LogP contribution in [0.15, 0.2) is 0 Å². The molecule has 17 heavy (non-hydrogen) atoms. The fraction of sp³-hybridized carbons (Fsp3) is 0.889. The summed E-state index contributed by atoms with van der Waals surface area (Å²) in [5, 5.41) is 11.5. The molecule has 0 aliphatic carbocycles. The van der Waals surface area contributed by atoms with Gasteiger partial charge in [-0.2, -0.15) is 12.7 Å². The van der Waals surface area contributed by atoms with Crippen molar-refractivity contribution in [3.05, 3.63) is 0 Å². The van der Waals surface area contributed by atoms with Crippen molar-refractivity contribution in [3.63, 3.8) is 0 Å². The van der Waals surface area contributed by atoms with Crippen LogP contribution in [0.1, 0.15) is 19.8 Å². The van der Waals surface area contributed by atoms with Crippen molar-refractivity contribution in [2.24, 2.45) is 0 Å². The van der Waals surface area contributed by atoms with E-state index >= 15 is 0 Å². The number of hydrogen-bond donors (Lipinski definition) is 3. The van der Waals surface area contributed by atoms with Gasteiger partial charge in [-0.25, -0.2) is 4.72 Å². The van der Waals surface area contributed by atoms with Gasteiger partial charge in [-0.05, 0) is 19.5 Å². The van der Waals surface area contributed by atoms with Crippen LogP contribution >= 0.6 is 0 Å². The third-order valence-electron chi connectivity index (χ3n) is 2.12. The van der Waals surface area contributed by atoms with Crippen molar-refractivity contribution in [1.82, 2.24) is 14.3 Å². The van der Waals surface area contributed by atoms with Crippen LogP contribution in [-0.2, 0) is 15.0 Å². The third-order valence-corrected chi connectivity index (χ3v) is 3.69. The summed E-state index contributed by atoms with van der Waals surface area (Å²) < 4.78 is 26.6. The first kappa shape index (κ1) is 16.3. The molecule has 0 heterocycles. The van der Waals surface area contributed by atoms with E-state index in [1.165, 1.54) is 7.05 Å². The number of hydrogen-bond acceptors (Lipinski definition) is 4. The minimum Gasteiger partial charge on any atom is -0.481 e. The van der Waals surface area contributed by atoms with Crippen LogP contribution in [0.4, 0.5) is 0 Å². The van der Waals surface area contributed by atoms with Gasteiger partial charge in [-0.3, -0.25) is 4.79 Å². The molecule has 0 radical (unpaired) electrons. The minimum atomic E-state index is -3.55. The van der Waals surface area contributed by atoms with Gasteiger partial charge in [0.25, 0.3) is 10.2 Å². The number of carboxylic acids is 1. The predicted octanol–water partition coefficient (Wildman–Crippen LogP) is -0.773. The normalized spacial score (nSPS) is 11.9. The molecule has 0 aromatic heterocycles. The Morgan fingerprint density at radius 2 is 2.00 bits per heavy atom. The molecule has 0 amide bonds. The van der Waals surface area contributed by atoms with Gasteiger partial charge < -0.3 is 10.4 Å². The second kappa shape index (κ2) is 8.40. The van der Waals surface area contributed by atoms with Crippen molar-refractivity contribution in [3.8, 4) is 0 Å². The van der Waals surface area contributed by atoms with Crippen LogP contribution in [0.3, 0.4) is 0 Å². The number of nitrogens with zero attached hydrogens (tertiary/aromatic N) is 1. The van der Waals surface area contributed by atoms with Crippen LogP contribution in [0.5, 0.6) is 0 Å². The molecule has 8 heteroatoms. The SMILES string of the molecule is CCNCCCNS(=O)(=O)N(C)CCC(=O)O. The van der Waals surface area contributed by atoms with E-state index in [-0.39, 0.29) is 13.0 Å². The number of rotatable bonds is 10. The number of carbonyl (C=O) groups is 1. The average molecular weight is 267 g/mol. The first-order valence-electron chi connectivity index (χ1n) is 5.53. The maximum absolute atomic E-state index is 11.6. The topological polar surface area (TPSA) is 98.7 Å². The molecule has 0 unspecified atom stereocenters. The Labute approximate surface area is 102 Å². The lowest BCUT2D eigenvalue weighted by molar-refractivity contribution is -0.137. The number of carboxylic acid groups (broad SMARTS) is 1. The molecule has 7 nitrogen and oxygen atoms in total. The van der Waals surface area contributed by atoms with Gasteiger partial charge in [0, 0.05) is 20.1 Å². The largest absolute Gasteiger partial charge is 0.481 e. The molecule has 0 aliphatic heterocycles. The van der Waals surface area contributed by atoms with E-state index in [1.807, 2.05) is 6.92 Å². The first-order chi connectivity index (χ1) is 7.90. The van der Waals surface area contributed by atoms with E-state index in [9.17, 15) is 13.2 Å². The monoisotopic (exact) mass is 267 g/mol. The highest BCUT2D eigenvalue weighted by molar-refractivity contribution is 7.87. The van der Waals surface area contributed by atoms with Crippen LogP contribution < -0.4 is 10.0 Å². The molecule has 0 fully saturated rings. The van der Waals surface area contributed by atoms with Gasteiger partial charge in [0.05, 0.1) is 6.42 Å². The van der Waals surface area contributed by atoms with Crippen LogP contribution in [-0.4, -0.2) is 57.0 Å². The fourth-order valence-corrected chi connectivity index (χ4v) is 2.03. The van der Waals surface area contributed by atoms with E-state index in [4.69, 9.17) is 5.11 Å². The van der Waals surface area contributed by atoms with Crippen LogP contribution in [0, 0.1) is 0 Å². The van der Waals surface area contributed by atoms with Crippen molar-refractivity contribution >= 4 is 16.2 Å². The van der Waals surface area contributed by atoms with E-state index in [1.54, 1.807) is 0 Å². The van der Waals surface area contributed by atoms with Gasteiger partial charge in [0.1, 0.15) is 0 Å². The second-order valence-electron chi connectivity index (χ2n) is 3.57. The summed E-state index contributed by atoms with van der Waals surface area (Å²) in [5.74, 6) is -1.01. The van der Waals surface area contributed by atoms with Gasteiger partial charge in [-0.15, -0.1) is 0 Å². The molecule has 0 spiro atoms. The van der Waals surface area contributed by atoms with E-state index in [0.717, 1.165) is 17.4 Å². The summed E-state index contributed by atoms with van der Waals surface area (Å²) >= 11 is 0. The summed E-state index contributed by atoms with van der Waals surface area (Å²) in [4.78, 5) is 10.3. The van der Waals surface area contributed by atoms with Crippen molar-refractivity contribution < 1.29 is 18.3 Å². The maximum atomic E-state index is 11.6. The lowest BCUT2D eigenvalue weighted by Crippen LogP contribution is -2.40. The van der Waals surface area contributed by atoms with Crippen molar-refractivity contribution in [2.45, 2.75) is 19.8 Å². The second-order valence-corrected chi connectivity index (χ2v) is 5.43. The Hall–Kier alpha value is -0.700. The van der Waals surface area contributed by atoms with E-state index < -0.39 is 16.2 Å². The minimum absolute atomic E-state index is 0.0299. The predicted molar refractivity (Wildman–Crippen MR) is 65.0 cm³/mol. The summed E-state index contributed by atoms with van der Waals surface area (Å²) in [7, 11) is -2.19. The van der Waals surface area contributed by atoms with E-state index in [2.05, 4.69) is 10.0 Å². The molecule has 0 aromatic rings. The van der Waals surface area contributed by atoms with Gasteiger partial charge in [-0.1, -0.05) is 6.92 Å². The highest BCUT2D eigenvalue weighted by Gasteiger charge is 2.17.